The van der Waals surface area contributed by atoms with Crippen molar-refractivity contribution in [1.82, 2.24) is 5.32 Å². The van der Waals surface area contributed by atoms with Gasteiger partial charge in [0.05, 0.1) is 12.7 Å². The summed E-state index contributed by atoms with van der Waals surface area (Å²) >= 11 is 0. The van der Waals surface area contributed by atoms with Gasteiger partial charge in [0.25, 0.3) is 0 Å². The van der Waals surface area contributed by atoms with E-state index in [0.29, 0.717) is 6.04 Å². The molecular weight excluding hydrogens is 226 g/mol. The van der Waals surface area contributed by atoms with E-state index in [0.717, 1.165) is 51.4 Å². The van der Waals surface area contributed by atoms with E-state index >= 15 is 0 Å². The summed E-state index contributed by atoms with van der Waals surface area (Å²) in [7, 11) is 0. The fourth-order valence-electron chi connectivity index (χ4n) is 2.73. The molecule has 0 heterocycles. The molecule has 0 saturated heterocycles. The van der Waals surface area contributed by atoms with Gasteiger partial charge in [0.1, 0.15) is 0 Å². The van der Waals surface area contributed by atoms with Crippen molar-refractivity contribution in [3.63, 3.8) is 0 Å². The molecule has 3 nitrogen and oxygen atoms in total. The number of nitrogens with one attached hydrogen (secondary N) is 1. The van der Waals surface area contributed by atoms with Crippen molar-refractivity contribution in [2.45, 2.75) is 64.5 Å². The second kappa shape index (κ2) is 6.36. The standard InChI is InChI=1S/C15H29NO2/c1-12(2)16-10-15(7-5-14(17)6-8-15)11-18-9-13-3-4-13/h12-14,16-17H,3-11H2,1-2H3. The van der Waals surface area contributed by atoms with E-state index in [1.54, 1.807) is 0 Å². The highest BCUT2D eigenvalue weighted by molar-refractivity contribution is 4.88. The second-order valence-electron chi connectivity index (χ2n) is 6.73. The zero-order valence-corrected chi connectivity index (χ0v) is 12.0. The Labute approximate surface area is 111 Å². The zero-order chi connectivity index (χ0) is 13.0. The van der Waals surface area contributed by atoms with Gasteiger partial charge >= 0.3 is 0 Å². The summed E-state index contributed by atoms with van der Waals surface area (Å²) in [5, 5.41) is 13.2. The second-order valence-corrected chi connectivity index (χ2v) is 6.73. The monoisotopic (exact) mass is 255 g/mol. The highest BCUT2D eigenvalue weighted by Crippen LogP contribution is 2.37. The number of aliphatic hydroxyl groups is 1. The third kappa shape index (κ3) is 4.52. The summed E-state index contributed by atoms with van der Waals surface area (Å²) in [5.41, 5.74) is 0.262. The van der Waals surface area contributed by atoms with Crippen LogP contribution in [-0.4, -0.2) is 37.0 Å². The maximum atomic E-state index is 9.68. The van der Waals surface area contributed by atoms with Gasteiger partial charge in [-0.3, -0.25) is 0 Å². The minimum absolute atomic E-state index is 0.0828. The molecular formula is C15H29NO2. The maximum absolute atomic E-state index is 9.68. The lowest BCUT2D eigenvalue weighted by molar-refractivity contribution is -0.0129. The smallest absolute Gasteiger partial charge is 0.0540 e. The normalized spacial score (nSPS) is 33.0. The number of ether oxygens (including phenoxy) is 1. The SMILES string of the molecule is CC(C)NCC1(COCC2CC2)CCC(O)CC1. The van der Waals surface area contributed by atoms with Crippen LogP contribution < -0.4 is 5.32 Å². The molecule has 2 aliphatic rings. The van der Waals surface area contributed by atoms with E-state index in [-0.39, 0.29) is 11.5 Å². The van der Waals surface area contributed by atoms with E-state index in [1.165, 1.54) is 12.8 Å². The Morgan fingerprint density at radius 3 is 2.44 bits per heavy atom. The molecule has 0 spiro atoms. The average Bonchev–Trinajstić information content (AvgIpc) is 3.14. The van der Waals surface area contributed by atoms with Gasteiger partial charge in [-0.25, -0.2) is 0 Å². The van der Waals surface area contributed by atoms with E-state index < -0.39 is 0 Å². The Balaban J connectivity index is 1.79. The summed E-state index contributed by atoms with van der Waals surface area (Å²) in [5.74, 6) is 0.842. The van der Waals surface area contributed by atoms with Crippen LogP contribution in [0.3, 0.4) is 0 Å². The zero-order valence-electron chi connectivity index (χ0n) is 12.0. The summed E-state index contributed by atoms with van der Waals surface area (Å²) in [6.07, 6.45) is 6.70. The van der Waals surface area contributed by atoms with Gasteiger partial charge in [-0.05, 0) is 44.4 Å². The van der Waals surface area contributed by atoms with Crippen molar-refractivity contribution in [3.05, 3.63) is 0 Å². The Kier molecular flexibility index (Phi) is 5.05. The number of rotatable bonds is 7. The van der Waals surface area contributed by atoms with Gasteiger partial charge in [0, 0.05) is 24.6 Å². The van der Waals surface area contributed by atoms with Crippen LogP contribution in [0.4, 0.5) is 0 Å². The Morgan fingerprint density at radius 2 is 1.89 bits per heavy atom. The maximum Gasteiger partial charge on any atom is 0.0540 e. The number of hydrogen-bond donors (Lipinski definition) is 2. The third-order valence-electron chi connectivity index (χ3n) is 4.36. The van der Waals surface area contributed by atoms with Crippen molar-refractivity contribution in [3.8, 4) is 0 Å². The van der Waals surface area contributed by atoms with Gasteiger partial charge in [-0.15, -0.1) is 0 Å². The molecule has 2 rings (SSSR count). The Hall–Kier alpha value is -0.120. The molecule has 0 radical (unpaired) electrons. The largest absolute Gasteiger partial charge is 0.393 e. The molecule has 2 fully saturated rings. The van der Waals surface area contributed by atoms with E-state index in [2.05, 4.69) is 19.2 Å². The molecule has 106 valence electrons. The van der Waals surface area contributed by atoms with Crippen molar-refractivity contribution < 1.29 is 9.84 Å². The molecule has 0 bridgehead atoms. The molecule has 0 aliphatic heterocycles. The molecule has 2 saturated carbocycles. The lowest BCUT2D eigenvalue weighted by Gasteiger charge is -2.39. The molecule has 2 N–H and O–H groups in total. The summed E-state index contributed by atoms with van der Waals surface area (Å²) in [6, 6.07) is 0.525. The molecule has 0 aromatic rings. The predicted octanol–water partition coefficient (Wildman–Crippen LogP) is 2.33. The third-order valence-corrected chi connectivity index (χ3v) is 4.36. The van der Waals surface area contributed by atoms with Gasteiger partial charge in [-0.2, -0.15) is 0 Å². The molecule has 0 aromatic heterocycles. The molecule has 0 unspecified atom stereocenters. The highest BCUT2D eigenvalue weighted by Gasteiger charge is 2.35. The van der Waals surface area contributed by atoms with Crippen LogP contribution in [0.2, 0.25) is 0 Å². The average molecular weight is 255 g/mol. The van der Waals surface area contributed by atoms with E-state index in [1.807, 2.05) is 0 Å². The molecule has 18 heavy (non-hydrogen) atoms. The van der Waals surface area contributed by atoms with E-state index in [9.17, 15) is 5.11 Å². The number of aliphatic hydroxyl groups excluding tert-OH is 1. The minimum Gasteiger partial charge on any atom is -0.393 e. The van der Waals surface area contributed by atoms with Crippen LogP contribution in [0, 0.1) is 11.3 Å². The van der Waals surface area contributed by atoms with Crippen LogP contribution >= 0.6 is 0 Å². The lowest BCUT2D eigenvalue weighted by Crippen LogP contribution is -2.44. The summed E-state index contributed by atoms with van der Waals surface area (Å²) < 4.78 is 5.95. The Bertz CT molecular complexity index is 243. The molecule has 3 heteroatoms. The van der Waals surface area contributed by atoms with Crippen molar-refractivity contribution in [2.75, 3.05) is 19.8 Å². The topological polar surface area (TPSA) is 41.5 Å². The predicted molar refractivity (Wildman–Crippen MR) is 73.6 cm³/mol. The molecule has 0 atom stereocenters. The molecule has 0 amide bonds. The lowest BCUT2D eigenvalue weighted by atomic mass is 9.73. The fourth-order valence-corrected chi connectivity index (χ4v) is 2.73. The van der Waals surface area contributed by atoms with Crippen LogP contribution in [0.15, 0.2) is 0 Å². The highest BCUT2D eigenvalue weighted by atomic mass is 16.5. The summed E-state index contributed by atoms with van der Waals surface area (Å²) in [6.45, 7) is 7.23. The van der Waals surface area contributed by atoms with Crippen molar-refractivity contribution in [2.24, 2.45) is 11.3 Å². The van der Waals surface area contributed by atoms with Gasteiger partial charge < -0.3 is 15.2 Å². The van der Waals surface area contributed by atoms with Crippen LogP contribution in [-0.2, 0) is 4.74 Å². The van der Waals surface area contributed by atoms with Crippen molar-refractivity contribution in [1.29, 1.82) is 0 Å². The van der Waals surface area contributed by atoms with E-state index in [4.69, 9.17) is 4.74 Å². The van der Waals surface area contributed by atoms with Crippen molar-refractivity contribution >= 4 is 0 Å². The van der Waals surface area contributed by atoms with Gasteiger partial charge in [0.15, 0.2) is 0 Å². The fraction of sp³-hybridized carbons (Fsp3) is 1.00. The first kappa shape index (κ1) is 14.3. The van der Waals surface area contributed by atoms with Gasteiger partial charge in [0.2, 0.25) is 0 Å². The summed E-state index contributed by atoms with van der Waals surface area (Å²) in [4.78, 5) is 0. The van der Waals surface area contributed by atoms with Crippen LogP contribution in [0.25, 0.3) is 0 Å². The minimum atomic E-state index is -0.0828. The molecule has 2 aliphatic carbocycles. The molecule has 0 aromatic carbocycles. The first-order valence-electron chi connectivity index (χ1n) is 7.59. The quantitative estimate of drug-likeness (QED) is 0.733. The Morgan fingerprint density at radius 1 is 1.22 bits per heavy atom. The van der Waals surface area contributed by atoms with Crippen LogP contribution in [0.1, 0.15) is 52.4 Å². The first-order valence-corrected chi connectivity index (χ1v) is 7.59. The number of hydrogen-bond acceptors (Lipinski definition) is 3. The van der Waals surface area contributed by atoms with Gasteiger partial charge in [-0.1, -0.05) is 13.8 Å². The van der Waals surface area contributed by atoms with Crippen LogP contribution in [0.5, 0.6) is 0 Å². The first-order chi connectivity index (χ1) is 8.60.